The van der Waals surface area contributed by atoms with Crippen molar-refractivity contribution in [1.29, 1.82) is 0 Å². The predicted octanol–water partition coefficient (Wildman–Crippen LogP) is 1.45. The summed E-state index contributed by atoms with van der Waals surface area (Å²) in [6, 6.07) is 0. The zero-order valence-electron chi connectivity index (χ0n) is 10.8. The molecule has 1 aromatic heterocycles. The van der Waals surface area contributed by atoms with Gasteiger partial charge in [-0.2, -0.15) is 0 Å². The molecule has 1 fully saturated rings. The molecule has 18 heavy (non-hydrogen) atoms. The van der Waals surface area contributed by atoms with Gasteiger partial charge in [0.15, 0.2) is 0 Å². The maximum atomic E-state index is 11.8. The van der Waals surface area contributed by atoms with Gasteiger partial charge in [-0.1, -0.05) is 13.8 Å². The largest absolute Gasteiger partial charge is 0.334 e. The van der Waals surface area contributed by atoms with Crippen molar-refractivity contribution in [2.45, 2.75) is 45.6 Å². The molecule has 5 heteroatoms. The molecule has 2 heterocycles. The van der Waals surface area contributed by atoms with Gasteiger partial charge in [-0.15, -0.1) is 0 Å². The Bertz CT molecular complexity index is 453. The number of nitrogens with one attached hydrogen (secondary N) is 1. The van der Waals surface area contributed by atoms with E-state index >= 15 is 0 Å². The minimum atomic E-state index is -0.182. The molecule has 98 valence electrons. The third kappa shape index (κ3) is 2.30. The Morgan fingerprint density at radius 1 is 1.44 bits per heavy atom. The van der Waals surface area contributed by atoms with Crippen LogP contribution in [0.4, 0.5) is 0 Å². The second-order valence-corrected chi connectivity index (χ2v) is 4.75. The Labute approximate surface area is 107 Å². The quantitative estimate of drug-likeness (QED) is 0.821. The van der Waals surface area contributed by atoms with Crippen LogP contribution in [0.25, 0.3) is 0 Å². The molecule has 2 rings (SSSR count). The van der Waals surface area contributed by atoms with Crippen molar-refractivity contribution in [3.8, 4) is 0 Å². The summed E-state index contributed by atoms with van der Waals surface area (Å²) in [5.74, 6) is -0.498. The Morgan fingerprint density at radius 3 is 2.89 bits per heavy atom. The number of carbonyl (C=O) groups is 2. The van der Waals surface area contributed by atoms with Gasteiger partial charge in [-0.05, 0) is 12.8 Å². The van der Waals surface area contributed by atoms with Crippen molar-refractivity contribution >= 4 is 11.8 Å². The molecule has 1 N–H and O–H groups in total. The highest BCUT2D eigenvalue weighted by molar-refractivity contribution is 5.99. The fourth-order valence-electron chi connectivity index (χ4n) is 2.65. The van der Waals surface area contributed by atoms with Gasteiger partial charge in [-0.3, -0.25) is 14.9 Å². The lowest BCUT2D eigenvalue weighted by atomic mass is 9.81. The van der Waals surface area contributed by atoms with Crippen molar-refractivity contribution < 1.29 is 9.59 Å². The number of hydrogen-bond acceptors (Lipinski definition) is 3. The molecule has 0 radical (unpaired) electrons. The normalized spacial score (nSPS) is 24.1. The molecular weight excluding hydrogens is 230 g/mol. The summed E-state index contributed by atoms with van der Waals surface area (Å²) >= 11 is 0. The van der Waals surface area contributed by atoms with Crippen LogP contribution < -0.4 is 5.32 Å². The van der Waals surface area contributed by atoms with Crippen molar-refractivity contribution in [3.05, 3.63) is 18.2 Å². The van der Waals surface area contributed by atoms with Crippen LogP contribution in [-0.2, 0) is 16.1 Å². The SMILES string of the molecule is CCCn1cncc1C1CC(=O)NC(=O)C1CC. The van der Waals surface area contributed by atoms with Gasteiger partial charge in [0.25, 0.3) is 0 Å². The number of hydrogen-bond donors (Lipinski definition) is 1. The van der Waals surface area contributed by atoms with Crippen LogP contribution in [0.15, 0.2) is 12.5 Å². The Hall–Kier alpha value is -1.65. The zero-order chi connectivity index (χ0) is 13.1. The van der Waals surface area contributed by atoms with Gasteiger partial charge in [0, 0.05) is 36.7 Å². The van der Waals surface area contributed by atoms with E-state index in [1.54, 1.807) is 12.5 Å². The number of imidazole rings is 1. The molecule has 2 unspecified atom stereocenters. The lowest BCUT2D eigenvalue weighted by molar-refractivity contribution is -0.137. The number of imide groups is 1. The number of rotatable bonds is 4. The maximum absolute atomic E-state index is 11.8. The smallest absolute Gasteiger partial charge is 0.230 e. The Morgan fingerprint density at radius 2 is 2.22 bits per heavy atom. The van der Waals surface area contributed by atoms with Crippen LogP contribution in [0.5, 0.6) is 0 Å². The summed E-state index contributed by atoms with van der Waals surface area (Å²) in [5.41, 5.74) is 1.01. The molecule has 1 aromatic rings. The van der Waals surface area contributed by atoms with Crippen molar-refractivity contribution in [2.24, 2.45) is 5.92 Å². The summed E-state index contributed by atoms with van der Waals surface area (Å²) < 4.78 is 2.05. The number of amides is 2. The fraction of sp³-hybridized carbons (Fsp3) is 0.615. The summed E-state index contributed by atoms with van der Waals surface area (Å²) in [6.07, 6.45) is 5.69. The second-order valence-electron chi connectivity index (χ2n) is 4.75. The second kappa shape index (κ2) is 5.33. The van der Waals surface area contributed by atoms with Crippen LogP contribution in [0.3, 0.4) is 0 Å². The Kier molecular flexibility index (Phi) is 3.79. The maximum Gasteiger partial charge on any atom is 0.230 e. The molecule has 0 saturated carbocycles. The van der Waals surface area contributed by atoms with Gasteiger partial charge >= 0.3 is 0 Å². The third-order valence-corrected chi connectivity index (χ3v) is 3.52. The lowest BCUT2D eigenvalue weighted by Crippen LogP contribution is -2.45. The highest BCUT2D eigenvalue weighted by Gasteiger charge is 2.36. The molecular formula is C13H19N3O2. The first-order chi connectivity index (χ1) is 8.67. The van der Waals surface area contributed by atoms with Crippen LogP contribution in [0.2, 0.25) is 0 Å². The van der Waals surface area contributed by atoms with E-state index in [0.717, 1.165) is 25.1 Å². The minimum absolute atomic E-state index is 0.0368. The van der Waals surface area contributed by atoms with Crippen LogP contribution in [0, 0.1) is 5.92 Å². The van der Waals surface area contributed by atoms with Gasteiger partial charge in [0.2, 0.25) is 11.8 Å². The van der Waals surface area contributed by atoms with E-state index in [0.29, 0.717) is 6.42 Å². The molecule has 0 aliphatic carbocycles. The number of piperidine rings is 1. The number of aromatic nitrogens is 2. The molecule has 1 saturated heterocycles. The van der Waals surface area contributed by atoms with E-state index < -0.39 is 0 Å². The number of carbonyl (C=O) groups excluding carboxylic acids is 2. The van der Waals surface area contributed by atoms with E-state index in [9.17, 15) is 9.59 Å². The first kappa shape index (κ1) is 12.8. The van der Waals surface area contributed by atoms with Crippen LogP contribution in [-0.4, -0.2) is 21.4 Å². The topological polar surface area (TPSA) is 64.0 Å². The monoisotopic (exact) mass is 249 g/mol. The van der Waals surface area contributed by atoms with Crippen LogP contribution in [0.1, 0.15) is 44.7 Å². The summed E-state index contributed by atoms with van der Waals surface area (Å²) in [7, 11) is 0. The van der Waals surface area contributed by atoms with E-state index in [1.807, 2.05) is 6.92 Å². The van der Waals surface area contributed by atoms with Crippen molar-refractivity contribution in [1.82, 2.24) is 14.9 Å². The molecule has 2 atom stereocenters. The Balaban J connectivity index is 2.30. The molecule has 0 aromatic carbocycles. The average molecular weight is 249 g/mol. The number of nitrogens with zero attached hydrogens (tertiary/aromatic N) is 2. The van der Waals surface area contributed by atoms with Crippen LogP contribution >= 0.6 is 0 Å². The summed E-state index contributed by atoms with van der Waals surface area (Å²) in [4.78, 5) is 27.6. The number of aryl methyl sites for hydroxylation is 1. The molecule has 0 spiro atoms. The van der Waals surface area contributed by atoms with E-state index in [2.05, 4.69) is 21.8 Å². The third-order valence-electron chi connectivity index (χ3n) is 3.52. The first-order valence-corrected chi connectivity index (χ1v) is 6.51. The highest BCUT2D eigenvalue weighted by atomic mass is 16.2. The average Bonchev–Trinajstić information content (AvgIpc) is 2.76. The van der Waals surface area contributed by atoms with Gasteiger partial charge in [0.05, 0.1) is 6.33 Å². The van der Waals surface area contributed by atoms with Crippen molar-refractivity contribution in [3.63, 3.8) is 0 Å². The highest BCUT2D eigenvalue weighted by Crippen LogP contribution is 2.33. The van der Waals surface area contributed by atoms with E-state index in [-0.39, 0.29) is 23.7 Å². The molecule has 5 nitrogen and oxygen atoms in total. The minimum Gasteiger partial charge on any atom is -0.334 e. The molecule has 1 aliphatic rings. The van der Waals surface area contributed by atoms with Crippen molar-refractivity contribution in [2.75, 3.05) is 0 Å². The summed E-state index contributed by atoms with van der Waals surface area (Å²) in [5, 5.41) is 2.42. The van der Waals surface area contributed by atoms with E-state index in [1.165, 1.54) is 0 Å². The lowest BCUT2D eigenvalue weighted by Gasteiger charge is -2.29. The first-order valence-electron chi connectivity index (χ1n) is 6.51. The van der Waals surface area contributed by atoms with Gasteiger partial charge in [0.1, 0.15) is 0 Å². The fourth-order valence-corrected chi connectivity index (χ4v) is 2.65. The predicted molar refractivity (Wildman–Crippen MR) is 66.8 cm³/mol. The van der Waals surface area contributed by atoms with E-state index in [4.69, 9.17) is 0 Å². The van der Waals surface area contributed by atoms with Gasteiger partial charge in [-0.25, -0.2) is 4.98 Å². The zero-order valence-corrected chi connectivity index (χ0v) is 10.8. The van der Waals surface area contributed by atoms with Gasteiger partial charge < -0.3 is 4.57 Å². The standard InChI is InChI=1S/C13H19N3O2/c1-3-5-16-8-14-7-11(16)10-6-12(17)15-13(18)9(10)4-2/h7-10H,3-6H2,1-2H3,(H,15,17,18). The molecule has 2 amide bonds. The molecule has 0 bridgehead atoms. The summed E-state index contributed by atoms with van der Waals surface area (Å²) in [6.45, 7) is 4.95. The molecule has 1 aliphatic heterocycles.